The van der Waals surface area contributed by atoms with Crippen LogP contribution in [0.25, 0.3) is 0 Å². The number of ether oxygens (including phenoxy) is 1. The van der Waals surface area contributed by atoms with Crippen LogP contribution in [0, 0.1) is 0 Å². The molecule has 1 aromatic carbocycles. The summed E-state index contributed by atoms with van der Waals surface area (Å²) in [6, 6.07) is 6.54. The molecule has 132 valence electrons. The lowest BCUT2D eigenvalue weighted by Gasteiger charge is -2.39. The van der Waals surface area contributed by atoms with Gasteiger partial charge in [0.05, 0.1) is 0 Å². The van der Waals surface area contributed by atoms with E-state index in [-0.39, 0.29) is 6.54 Å². The van der Waals surface area contributed by atoms with Crippen molar-refractivity contribution >= 4 is 23.7 Å². The molecule has 1 unspecified atom stereocenters. The zero-order valence-electron chi connectivity index (χ0n) is 14.2. The van der Waals surface area contributed by atoms with Gasteiger partial charge in [-0.15, -0.1) is 0 Å². The fourth-order valence-corrected chi connectivity index (χ4v) is 2.84. The zero-order valence-corrected chi connectivity index (χ0v) is 14.9. The van der Waals surface area contributed by atoms with E-state index in [9.17, 15) is 14.7 Å². The molecular formula is C17H23ClN2O4. The molecule has 24 heavy (non-hydrogen) atoms. The van der Waals surface area contributed by atoms with Crippen molar-refractivity contribution in [3.8, 4) is 0 Å². The number of hydrogen-bond acceptors (Lipinski definition) is 4. The summed E-state index contributed by atoms with van der Waals surface area (Å²) in [6.07, 6.45) is -0.586. The smallest absolute Gasteiger partial charge is 0.411 e. The van der Waals surface area contributed by atoms with E-state index in [0.29, 0.717) is 24.7 Å². The minimum Gasteiger partial charge on any atom is -0.480 e. The SMILES string of the molecule is CC(C)(C)OC(=O)N1CCN(Cc2cccc(Cl)c2)CC1C(=O)O. The summed E-state index contributed by atoms with van der Waals surface area (Å²) in [5.74, 6) is -1.03. The van der Waals surface area contributed by atoms with Crippen molar-refractivity contribution in [2.75, 3.05) is 19.6 Å². The Balaban J connectivity index is 2.05. The minimum atomic E-state index is -1.03. The number of carbonyl (C=O) groups is 2. The first-order chi connectivity index (χ1) is 11.2. The molecule has 1 amide bonds. The van der Waals surface area contributed by atoms with Crippen molar-refractivity contribution in [2.24, 2.45) is 0 Å². The molecule has 0 aromatic heterocycles. The second kappa shape index (κ2) is 7.40. The first kappa shape index (κ1) is 18.5. The van der Waals surface area contributed by atoms with Crippen LogP contribution in [0.15, 0.2) is 24.3 Å². The molecule has 1 aliphatic rings. The molecule has 1 aromatic rings. The lowest BCUT2D eigenvalue weighted by atomic mass is 10.1. The van der Waals surface area contributed by atoms with Gasteiger partial charge >= 0.3 is 12.1 Å². The number of carboxylic acids is 1. The molecule has 1 atom stereocenters. The number of carbonyl (C=O) groups excluding carboxylic acids is 1. The number of rotatable bonds is 3. The van der Waals surface area contributed by atoms with Crippen LogP contribution in [0.1, 0.15) is 26.3 Å². The Morgan fingerprint density at radius 2 is 2.04 bits per heavy atom. The third-order valence-electron chi connectivity index (χ3n) is 3.67. The molecule has 1 aliphatic heterocycles. The van der Waals surface area contributed by atoms with Gasteiger partial charge in [0.1, 0.15) is 11.6 Å². The molecule has 1 N–H and O–H groups in total. The quantitative estimate of drug-likeness (QED) is 0.903. The van der Waals surface area contributed by atoms with Gasteiger partial charge in [0.25, 0.3) is 0 Å². The average Bonchev–Trinajstić information content (AvgIpc) is 2.45. The Morgan fingerprint density at radius 3 is 2.62 bits per heavy atom. The number of hydrogen-bond donors (Lipinski definition) is 1. The van der Waals surface area contributed by atoms with Gasteiger partial charge < -0.3 is 9.84 Å². The number of amides is 1. The van der Waals surface area contributed by atoms with Crippen molar-refractivity contribution in [3.05, 3.63) is 34.9 Å². The van der Waals surface area contributed by atoms with Crippen molar-refractivity contribution in [1.29, 1.82) is 0 Å². The number of nitrogens with zero attached hydrogens (tertiary/aromatic N) is 2. The monoisotopic (exact) mass is 354 g/mol. The topological polar surface area (TPSA) is 70.1 Å². The van der Waals surface area contributed by atoms with E-state index in [1.54, 1.807) is 26.8 Å². The van der Waals surface area contributed by atoms with Crippen molar-refractivity contribution in [1.82, 2.24) is 9.80 Å². The fourth-order valence-electron chi connectivity index (χ4n) is 2.63. The fraction of sp³-hybridized carbons (Fsp3) is 0.529. The van der Waals surface area contributed by atoms with Crippen LogP contribution in [0.3, 0.4) is 0 Å². The molecule has 2 rings (SSSR count). The molecule has 1 heterocycles. The van der Waals surface area contributed by atoms with Crippen LogP contribution in [0.4, 0.5) is 4.79 Å². The summed E-state index contributed by atoms with van der Waals surface area (Å²) in [4.78, 5) is 27.1. The maximum absolute atomic E-state index is 12.2. The predicted molar refractivity (Wildman–Crippen MR) is 91.1 cm³/mol. The van der Waals surface area contributed by atoms with Gasteiger partial charge in [0, 0.05) is 31.2 Å². The molecule has 7 heteroatoms. The van der Waals surface area contributed by atoms with Crippen molar-refractivity contribution < 1.29 is 19.4 Å². The number of piperazine rings is 1. The van der Waals surface area contributed by atoms with Crippen LogP contribution in [0.2, 0.25) is 5.02 Å². The van der Waals surface area contributed by atoms with E-state index in [1.165, 1.54) is 4.90 Å². The summed E-state index contributed by atoms with van der Waals surface area (Å²) in [7, 11) is 0. The van der Waals surface area contributed by atoms with Crippen LogP contribution < -0.4 is 0 Å². The number of benzene rings is 1. The highest BCUT2D eigenvalue weighted by Crippen LogP contribution is 2.19. The summed E-state index contributed by atoms with van der Waals surface area (Å²) in [5, 5.41) is 10.1. The highest BCUT2D eigenvalue weighted by atomic mass is 35.5. The number of carboxylic acid groups (broad SMARTS) is 1. The van der Waals surface area contributed by atoms with Gasteiger partial charge in [0.2, 0.25) is 0 Å². The molecule has 0 spiro atoms. The average molecular weight is 355 g/mol. The Bertz CT molecular complexity index is 615. The Morgan fingerprint density at radius 1 is 1.33 bits per heavy atom. The summed E-state index contributed by atoms with van der Waals surface area (Å²) >= 11 is 5.99. The van der Waals surface area contributed by atoms with Crippen LogP contribution in [-0.2, 0) is 16.1 Å². The number of halogens is 1. The van der Waals surface area contributed by atoms with Gasteiger partial charge in [-0.25, -0.2) is 9.59 Å². The molecule has 0 bridgehead atoms. The maximum atomic E-state index is 12.2. The third-order valence-corrected chi connectivity index (χ3v) is 3.91. The summed E-state index contributed by atoms with van der Waals surface area (Å²) in [5.41, 5.74) is 0.357. The summed E-state index contributed by atoms with van der Waals surface area (Å²) < 4.78 is 5.31. The van der Waals surface area contributed by atoms with Crippen LogP contribution in [0.5, 0.6) is 0 Å². The van der Waals surface area contributed by atoms with E-state index < -0.39 is 23.7 Å². The first-order valence-corrected chi connectivity index (χ1v) is 8.23. The summed E-state index contributed by atoms with van der Waals surface area (Å²) in [6.45, 7) is 7.01. The predicted octanol–water partition coefficient (Wildman–Crippen LogP) is 2.85. The molecule has 1 saturated heterocycles. The second-order valence-electron chi connectivity index (χ2n) is 6.89. The lowest BCUT2D eigenvalue weighted by molar-refractivity contribution is -0.145. The Labute approximate surface area is 146 Å². The molecule has 6 nitrogen and oxygen atoms in total. The Hall–Kier alpha value is -1.79. The van der Waals surface area contributed by atoms with Crippen molar-refractivity contribution in [2.45, 2.75) is 39.0 Å². The third kappa shape index (κ3) is 5.11. The molecule has 0 aliphatic carbocycles. The molecule has 0 saturated carbocycles. The highest BCUT2D eigenvalue weighted by molar-refractivity contribution is 6.30. The van der Waals surface area contributed by atoms with E-state index >= 15 is 0 Å². The highest BCUT2D eigenvalue weighted by Gasteiger charge is 2.37. The molecule has 1 fully saturated rings. The number of aliphatic carboxylic acids is 1. The molecule has 0 radical (unpaired) electrons. The molecular weight excluding hydrogens is 332 g/mol. The van der Waals surface area contributed by atoms with Crippen molar-refractivity contribution in [3.63, 3.8) is 0 Å². The van der Waals surface area contributed by atoms with E-state index in [1.807, 2.05) is 23.1 Å². The Kier molecular flexibility index (Phi) is 5.72. The van der Waals surface area contributed by atoms with Gasteiger partial charge in [-0.1, -0.05) is 23.7 Å². The van der Waals surface area contributed by atoms with Gasteiger partial charge in [-0.2, -0.15) is 0 Å². The van der Waals surface area contributed by atoms with Gasteiger partial charge in [0.15, 0.2) is 0 Å². The van der Waals surface area contributed by atoms with Gasteiger partial charge in [-0.05, 0) is 38.5 Å². The van der Waals surface area contributed by atoms with Crippen LogP contribution >= 0.6 is 11.6 Å². The van der Waals surface area contributed by atoms with E-state index in [0.717, 1.165) is 5.56 Å². The maximum Gasteiger partial charge on any atom is 0.411 e. The second-order valence-corrected chi connectivity index (χ2v) is 7.33. The van der Waals surface area contributed by atoms with Crippen LogP contribution in [-0.4, -0.2) is 58.2 Å². The minimum absolute atomic E-state index is 0.251. The first-order valence-electron chi connectivity index (χ1n) is 7.85. The normalized spacial score (nSPS) is 19.2. The van der Waals surface area contributed by atoms with Gasteiger partial charge in [-0.3, -0.25) is 9.80 Å². The lowest BCUT2D eigenvalue weighted by Crippen LogP contribution is -2.58. The zero-order chi connectivity index (χ0) is 17.9. The standard InChI is InChI=1S/C17H23ClN2O4/c1-17(2,3)24-16(23)20-8-7-19(11-14(20)15(21)22)10-12-5-4-6-13(18)9-12/h4-6,9,14H,7-8,10-11H2,1-3H3,(H,21,22). The largest absolute Gasteiger partial charge is 0.480 e. The van der Waals surface area contributed by atoms with E-state index in [2.05, 4.69) is 0 Å². The van der Waals surface area contributed by atoms with E-state index in [4.69, 9.17) is 16.3 Å².